The van der Waals surface area contributed by atoms with Crippen molar-refractivity contribution in [2.24, 2.45) is 0 Å². The number of carbonyl (C=O) groups is 1. The number of esters is 1. The fraction of sp³-hybridized carbons (Fsp3) is 0.391. The summed E-state index contributed by atoms with van der Waals surface area (Å²) in [6, 6.07) is 15.5. The lowest BCUT2D eigenvalue weighted by atomic mass is 10.1. The third-order valence-corrected chi connectivity index (χ3v) is 4.16. The third kappa shape index (κ3) is 8.13. The van der Waals surface area contributed by atoms with Crippen molar-refractivity contribution in [1.82, 2.24) is 0 Å². The van der Waals surface area contributed by atoms with Gasteiger partial charge in [-0.3, -0.25) is 0 Å². The number of benzene rings is 2. The van der Waals surface area contributed by atoms with E-state index in [4.69, 9.17) is 19.5 Å². The maximum Gasteiger partial charge on any atom is 0.349 e. The Bertz CT molecular complexity index is 748. The Hall–Kier alpha value is -3.00. The standard InChI is InChI=1S/C23H27NO4/c1-2-3-4-5-6-7-16-26-20-12-14-21(15-13-20)27-18-23(25)28-22-10-8-19(17-24)9-11-22/h8-15H,2-7,16,18H2,1H3. The Kier molecular flexibility index (Phi) is 9.43. The van der Waals surface area contributed by atoms with Crippen LogP contribution in [0.2, 0.25) is 0 Å². The quantitative estimate of drug-likeness (QED) is 0.284. The van der Waals surface area contributed by atoms with E-state index in [9.17, 15) is 4.79 Å². The predicted molar refractivity (Wildman–Crippen MR) is 108 cm³/mol. The van der Waals surface area contributed by atoms with Crippen molar-refractivity contribution in [3.63, 3.8) is 0 Å². The van der Waals surface area contributed by atoms with E-state index in [1.807, 2.05) is 18.2 Å². The number of nitriles is 1. The van der Waals surface area contributed by atoms with Gasteiger partial charge >= 0.3 is 5.97 Å². The first-order valence-electron chi connectivity index (χ1n) is 9.77. The Morgan fingerprint density at radius 1 is 0.821 bits per heavy atom. The van der Waals surface area contributed by atoms with Crippen LogP contribution in [0.5, 0.6) is 17.2 Å². The smallest absolute Gasteiger partial charge is 0.349 e. The number of hydrogen-bond donors (Lipinski definition) is 0. The Morgan fingerprint density at radius 3 is 2.04 bits per heavy atom. The molecule has 2 aromatic rings. The first-order valence-corrected chi connectivity index (χ1v) is 9.77. The summed E-state index contributed by atoms with van der Waals surface area (Å²) in [6.07, 6.45) is 7.39. The van der Waals surface area contributed by atoms with Crippen molar-refractivity contribution in [3.8, 4) is 23.3 Å². The van der Waals surface area contributed by atoms with E-state index in [2.05, 4.69) is 6.92 Å². The van der Waals surface area contributed by atoms with Crippen molar-refractivity contribution in [2.75, 3.05) is 13.2 Å². The molecule has 0 saturated carbocycles. The minimum Gasteiger partial charge on any atom is -0.494 e. The largest absolute Gasteiger partial charge is 0.494 e. The molecule has 2 rings (SSSR count). The topological polar surface area (TPSA) is 68.6 Å². The molecule has 0 unspecified atom stereocenters. The molecule has 0 heterocycles. The number of unbranched alkanes of at least 4 members (excludes halogenated alkanes) is 5. The highest BCUT2D eigenvalue weighted by atomic mass is 16.6. The number of nitrogens with zero attached hydrogens (tertiary/aromatic N) is 1. The summed E-state index contributed by atoms with van der Waals surface area (Å²) in [5.41, 5.74) is 0.509. The number of ether oxygens (including phenoxy) is 3. The van der Waals surface area contributed by atoms with Crippen molar-refractivity contribution in [1.29, 1.82) is 5.26 Å². The van der Waals surface area contributed by atoms with E-state index in [1.54, 1.807) is 36.4 Å². The normalized spacial score (nSPS) is 10.1. The molecule has 0 amide bonds. The number of hydrogen-bond acceptors (Lipinski definition) is 5. The molecule has 0 aliphatic heterocycles. The van der Waals surface area contributed by atoms with Crippen LogP contribution in [0.3, 0.4) is 0 Å². The molecule has 0 aromatic heterocycles. The van der Waals surface area contributed by atoms with Crippen molar-refractivity contribution in [2.45, 2.75) is 45.4 Å². The van der Waals surface area contributed by atoms with E-state index in [-0.39, 0.29) is 6.61 Å². The molecular formula is C23H27NO4. The molecule has 0 fully saturated rings. The Morgan fingerprint density at radius 2 is 1.39 bits per heavy atom. The van der Waals surface area contributed by atoms with Crippen LogP contribution in [0.4, 0.5) is 0 Å². The lowest BCUT2D eigenvalue weighted by molar-refractivity contribution is -0.136. The molecule has 0 aliphatic carbocycles. The van der Waals surface area contributed by atoms with Gasteiger partial charge in [-0.15, -0.1) is 0 Å². The molecule has 5 heteroatoms. The van der Waals surface area contributed by atoms with Crippen LogP contribution in [0.1, 0.15) is 51.0 Å². The van der Waals surface area contributed by atoms with Gasteiger partial charge in [0.05, 0.1) is 18.2 Å². The monoisotopic (exact) mass is 381 g/mol. The second-order valence-electron chi connectivity index (χ2n) is 6.49. The minimum absolute atomic E-state index is 0.196. The van der Waals surface area contributed by atoms with Gasteiger partial charge in [-0.05, 0) is 55.0 Å². The summed E-state index contributed by atoms with van der Waals surface area (Å²) in [4.78, 5) is 11.8. The van der Waals surface area contributed by atoms with Gasteiger partial charge in [0, 0.05) is 0 Å². The molecule has 2 aromatic carbocycles. The first kappa shape index (κ1) is 21.3. The van der Waals surface area contributed by atoms with Crippen LogP contribution in [0.25, 0.3) is 0 Å². The molecule has 5 nitrogen and oxygen atoms in total. The van der Waals surface area contributed by atoms with Crippen LogP contribution in [0, 0.1) is 11.3 Å². The fourth-order valence-corrected chi connectivity index (χ4v) is 2.61. The van der Waals surface area contributed by atoms with Gasteiger partial charge < -0.3 is 14.2 Å². The van der Waals surface area contributed by atoms with Gasteiger partial charge in [0.15, 0.2) is 6.61 Å². The van der Waals surface area contributed by atoms with Crippen molar-refractivity contribution < 1.29 is 19.0 Å². The zero-order valence-corrected chi connectivity index (χ0v) is 16.4. The van der Waals surface area contributed by atoms with Gasteiger partial charge in [0.25, 0.3) is 0 Å². The molecule has 0 atom stereocenters. The minimum atomic E-state index is -0.506. The van der Waals surface area contributed by atoms with Gasteiger partial charge in [0.1, 0.15) is 17.2 Å². The zero-order valence-electron chi connectivity index (χ0n) is 16.4. The average Bonchev–Trinajstić information content (AvgIpc) is 2.73. The van der Waals surface area contributed by atoms with Crippen LogP contribution in [-0.2, 0) is 4.79 Å². The van der Waals surface area contributed by atoms with Gasteiger partial charge in [-0.1, -0.05) is 39.0 Å². The summed E-state index contributed by atoms with van der Waals surface area (Å²) in [5.74, 6) is 1.24. The van der Waals surface area contributed by atoms with E-state index in [0.29, 0.717) is 23.7 Å². The predicted octanol–water partition coefficient (Wildman–Crippen LogP) is 5.28. The van der Waals surface area contributed by atoms with E-state index in [1.165, 1.54) is 32.1 Å². The molecule has 0 N–H and O–H groups in total. The summed E-state index contributed by atoms with van der Waals surface area (Å²) in [5, 5.41) is 8.75. The molecule has 0 aliphatic rings. The summed E-state index contributed by atoms with van der Waals surface area (Å²) < 4.78 is 16.3. The fourth-order valence-electron chi connectivity index (χ4n) is 2.61. The molecule has 0 bridgehead atoms. The average molecular weight is 381 g/mol. The second-order valence-corrected chi connectivity index (χ2v) is 6.49. The van der Waals surface area contributed by atoms with Gasteiger partial charge in [-0.25, -0.2) is 4.79 Å². The highest BCUT2D eigenvalue weighted by Gasteiger charge is 2.06. The summed E-state index contributed by atoms with van der Waals surface area (Å²) in [6.45, 7) is 2.73. The van der Waals surface area contributed by atoms with Crippen LogP contribution in [0.15, 0.2) is 48.5 Å². The SMILES string of the molecule is CCCCCCCCOc1ccc(OCC(=O)Oc2ccc(C#N)cc2)cc1. The zero-order chi connectivity index (χ0) is 20.0. The molecule has 0 spiro atoms. The maximum absolute atomic E-state index is 11.8. The van der Waals surface area contributed by atoms with Crippen LogP contribution >= 0.6 is 0 Å². The van der Waals surface area contributed by atoms with Crippen LogP contribution in [-0.4, -0.2) is 19.2 Å². The Labute approximate surface area is 166 Å². The number of rotatable bonds is 12. The van der Waals surface area contributed by atoms with Crippen molar-refractivity contribution in [3.05, 3.63) is 54.1 Å². The lowest BCUT2D eigenvalue weighted by Gasteiger charge is -2.09. The third-order valence-electron chi connectivity index (χ3n) is 4.16. The highest BCUT2D eigenvalue weighted by molar-refractivity contribution is 5.74. The summed E-state index contributed by atoms with van der Waals surface area (Å²) in [7, 11) is 0. The van der Waals surface area contributed by atoms with E-state index < -0.39 is 5.97 Å². The molecule has 0 radical (unpaired) electrons. The molecule has 0 saturated heterocycles. The lowest BCUT2D eigenvalue weighted by Crippen LogP contribution is -2.17. The van der Waals surface area contributed by atoms with Crippen LogP contribution < -0.4 is 14.2 Å². The number of carbonyl (C=O) groups excluding carboxylic acids is 1. The van der Waals surface area contributed by atoms with Gasteiger partial charge in [-0.2, -0.15) is 5.26 Å². The molecule has 28 heavy (non-hydrogen) atoms. The van der Waals surface area contributed by atoms with E-state index >= 15 is 0 Å². The summed E-state index contributed by atoms with van der Waals surface area (Å²) >= 11 is 0. The van der Waals surface area contributed by atoms with Gasteiger partial charge in [0.2, 0.25) is 0 Å². The molecule has 148 valence electrons. The maximum atomic E-state index is 11.8. The second kappa shape index (κ2) is 12.4. The van der Waals surface area contributed by atoms with Crippen molar-refractivity contribution >= 4 is 5.97 Å². The Balaban J connectivity index is 1.64. The molecular weight excluding hydrogens is 354 g/mol. The van der Waals surface area contributed by atoms with E-state index in [0.717, 1.165) is 12.2 Å². The first-order chi connectivity index (χ1) is 13.7. The highest BCUT2D eigenvalue weighted by Crippen LogP contribution is 2.18.